The third-order valence-corrected chi connectivity index (χ3v) is 3.04. The van der Waals surface area contributed by atoms with Gasteiger partial charge in [-0.2, -0.15) is 9.50 Å². The number of fused-ring (bicyclic) bond motifs is 1. The molecule has 3 rings (SSSR count). The van der Waals surface area contributed by atoms with Crippen molar-refractivity contribution in [2.24, 2.45) is 0 Å². The Kier molecular flexibility index (Phi) is 2.71. The van der Waals surface area contributed by atoms with E-state index in [1.165, 1.54) is 4.52 Å². The maximum Gasteiger partial charge on any atom is 0.339 e. The van der Waals surface area contributed by atoms with Crippen molar-refractivity contribution in [3.8, 4) is 11.3 Å². The zero-order valence-corrected chi connectivity index (χ0v) is 11.0. The molecule has 0 atom stereocenters. The standard InChI is InChI=1S/C14H12N4O2/c1-8-11(13(19)20)12(10-6-4-3-5-7-10)18-14(15-8)16-9(2)17-18/h3-7H,1-2H3,(H,19,20). The second-order valence-corrected chi connectivity index (χ2v) is 4.46. The number of rotatable bonds is 2. The number of hydrogen-bond donors (Lipinski definition) is 1. The molecule has 100 valence electrons. The summed E-state index contributed by atoms with van der Waals surface area (Å²) >= 11 is 0. The number of aromatic nitrogens is 4. The number of carboxylic acids is 1. The van der Waals surface area contributed by atoms with Crippen LogP contribution in [0.4, 0.5) is 0 Å². The van der Waals surface area contributed by atoms with E-state index in [0.29, 0.717) is 23.0 Å². The van der Waals surface area contributed by atoms with Gasteiger partial charge < -0.3 is 5.11 Å². The quantitative estimate of drug-likeness (QED) is 0.769. The number of hydrogen-bond acceptors (Lipinski definition) is 4. The van der Waals surface area contributed by atoms with Crippen molar-refractivity contribution in [2.45, 2.75) is 13.8 Å². The molecule has 0 bridgehead atoms. The van der Waals surface area contributed by atoms with Crippen molar-refractivity contribution in [2.75, 3.05) is 0 Å². The third kappa shape index (κ3) is 1.82. The summed E-state index contributed by atoms with van der Waals surface area (Å²) < 4.78 is 1.49. The van der Waals surface area contributed by atoms with Gasteiger partial charge in [-0.05, 0) is 13.8 Å². The van der Waals surface area contributed by atoms with Crippen molar-refractivity contribution in [3.63, 3.8) is 0 Å². The summed E-state index contributed by atoms with van der Waals surface area (Å²) in [5, 5.41) is 13.7. The van der Waals surface area contributed by atoms with Crippen LogP contribution in [0.25, 0.3) is 17.0 Å². The molecule has 0 aliphatic rings. The first-order valence-electron chi connectivity index (χ1n) is 6.10. The maximum absolute atomic E-state index is 11.6. The maximum atomic E-state index is 11.6. The highest BCUT2D eigenvalue weighted by atomic mass is 16.4. The topological polar surface area (TPSA) is 80.4 Å². The highest BCUT2D eigenvalue weighted by Gasteiger charge is 2.21. The van der Waals surface area contributed by atoms with Gasteiger partial charge in [-0.3, -0.25) is 0 Å². The van der Waals surface area contributed by atoms with Crippen LogP contribution in [0.3, 0.4) is 0 Å². The summed E-state index contributed by atoms with van der Waals surface area (Å²) in [6.45, 7) is 3.42. The summed E-state index contributed by atoms with van der Waals surface area (Å²) in [6, 6.07) is 9.27. The van der Waals surface area contributed by atoms with Gasteiger partial charge in [0.2, 0.25) is 0 Å². The molecule has 0 aliphatic carbocycles. The summed E-state index contributed by atoms with van der Waals surface area (Å²) in [5.41, 5.74) is 1.84. The fraction of sp³-hybridized carbons (Fsp3) is 0.143. The first kappa shape index (κ1) is 12.3. The Labute approximate surface area is 114 Å². The molecule has 6 heteroatoms. The Morgan fingerprint density at radius 1 is 1.15 bits per heavy atom. The minimum absolute atomic E-state index is 0.147. The number of carbonyl (C=O) groups is 1. The van der Waals surface area contributed by atoms with Gasteiger partial charge in [-0.25, -0.2) is 9.78 Å². The van der Waals surface area contributed by atoms with Crippen molar-refractivity contribution < 1.29 is 9.90 Å². The molecule has 0 amide bonds. The Hall–Kier alpha value is -2.76. The van der Waals surface area contributed by atoms with Gasteiger partial charge in [0.05, 0.1) is 11.4 Å². The minimum atomic E-state index is -1.02. The van der Waals surface area contributed by atoms with Gasteiger partial charge in [0, 0.05) is 5.56 Å². The van der Waals surface area contributed by atoms with E-state index in [4.69, 9.17) is 0 Å². The monoisotopic (exact) mass is 268 g/mol. The van der Waals surface area contributed by atoms with Crippen LogP contribution in [0.5, 0.6) is 0 Å². The molecule has 2 heterocycles. The second-order valence-electron chi connectivity index (χ2n) is 4.46. The molecule has 0 fully saturated rings. The lowest BCUT2D eigenvalue weighted by atomic mass is 10.0. The smallest absolute Gasteiger partial charge is 0.339 e. The molecule has 6 nitrogen and oxygen atoms in total. The number of aryl methyl sites for hydroxylation is 2. The summed E-state index contributed by atoms with van der Waals surface area (Å²) in [7, 11) is 0. The Balaban J connectivity index is 2.48. The van der Waals surface area contributed by atoms with Crippen LogP contribution < -0.4 is 0 Å². The second kappa shape index (κ2) is 4.41. The molecule has 0 radical (unpaired) electrons. The average molecular weight is 268 g/mol. The number of aromatic carboxylic acids is 1. The SMILES string of the molecule is Cc1nc2nc(C)c(C(=O)O)c(-c3ccccc3)n2n1. The largest absolute Gasteiger partial charge is 0.478 e. The van der Waals surface area contributed by atoms with E-state index in [1.807, 2.05) is 30.3 Å². The van der Waals surface area contributed by atoms with Gasteiger partial charge in [-0.15, -0.1) is 5.10 Å². The molecule has 0 saturated heterocycles. The van der Waals surface area contributed by atoms with Crippen molar-refractivity contribution in [3.05, 3.63) is 47.4 Å². The van der Waals surface area contributed by atoms with Crippen LogP contribution in [0.1, 0.15) is 21.9 Å². The van der Waals surface area contributed by atoms with Crippen molar-refractivity contribution in [1.29, 1.82) is 0 Å². The lowest BCUT2D eigenvalue weighted by molar-refractivity contribution is 0.0696. The van der Waals surface area contributed by atoms with Crippen molar-refractivity contribution in [1.82, 2.24) is 19.6 Å². The van der Waals surface area contributed by atoms with Gasteiger partial charge in [0.1, 0.15) is 11.4 Å². The lowest BCUT2D eigenvalue weighted by Crippen LogP contribution is -2.10. The molecule has 0 aliphatic heterocycles. The molecular formula is C14H12N4O2. The summed E-state index contributed by atoms with van der Waals surface area (Å²) in [6.07, 6.45) is 0. The van der Waals surface area contributed by atoms with Gasteiger partial charge in [0.25, 0.3) is 5.78 Å². The minimum Gasteiger partial charge on any atom is -0.478 e. The molecule has 20 heavy (non-hydrogen) atoms. The van der Waals surface area contributed by atoms with Crippen LogP contribution in [-0.2, 0) is 0 Å². The molecular weight excluding hydrogens is 256 g/mol. The number of carboxylic acid groups (broad SMARTS) is 1. The predicted octanol–water partition coefficient (Wildman–Crippen LogP) is 2.11. The van der Waals surface area contributed by atoms with Crippen LogP contribution in [0, 0.1) is 13.8 Å². The molecule has 0 saturated carbocycles. The van der Waals surface area contributed by atoms with E-state index in [-0.39, 0.29) is 5.56 Å². The average Bonchev–Trinajstić information content (AvgIpc) is 2.77. The molecule has 3 aromatic rings. The molecule has 0 unspecified atom stereocenters. The van der Waals surface area contributed by atoms with E-state index < -0.39 is 5.97 Å². The lowest BCUT2D eigenvalue weighted by Gasteiger charge is -2.10. The number of benzene rings is 1. The van der Waals surface area contributed by atoms with Crippen LogP contribution in [0.2, 0.25) is 0 Å². The highest BCUT2D eigenvalue weighted by Crippen LogP contribution is 2.25. The normalized spacial score (nSPS) is 10.9. The highest BCUT2D eigenvalue weighted by molar-refractivity contribution is 5.96. The Morgan fingerprint density at radius 2 is 1.85 bits per heavy atom. The van der Waals surface area contributed by atoms with Gasteiger partial charge in [0.15, 0.2) is 0 Å². The summed E-state index contributed by atoms with van der Waals surface area (Å²) in [4.78, 5) is 20.0. The van der Waals surface area contributed by atoms with Crippen LogP contribution in [0.15, 0.2) is 30.3 Å². The first-order chi connectivity index (χ1) is 9.58. The zero-order valence-electron chi connectivity index (χ0n) is 11.0. The fourth-order valence-electron chi connectivity index (χ4n) is 2.23. The zero-order chi connectivity index (χ0) is 14.3. The van der Waals surface area contributed by atoms with E-state index in [9.17, 15) is 9.90 Å². The molecule has 1 N–H and O–H groups in total. The van der Waals surface area contributed by atoms with E-state index >= 15 is 0 Å². The van der Waals surface area contributed by atoms with Gasteiger partial charge in [-0.1, -0.05) is 30.3 Å². The first-order valence-corrected chi connectivity index (χ1v) is 6.10. The Bertz CT molecular complexity index is 809. The number of nitrogens with zero attached hydrogens (tertiary/aromatic N) is 4. The third-order valence-electron chi connectivity index (χ3n) is 3.04. The van der Waals surface area contributed by atoms with Gasteiger partial charge >= 0.3 is 5.97 Å². The Morgan fingerprint density at radius 3 is 2.50 bits per heavy atom. The summed E-state index contributed by atoms with van der Waals surface area (Å²) in [5.74, 6) is -0.0654. The van der Waals surface area contributed by atoms with E-state index in [0.717, 1.165) is 5.56 Å². The predicted molar refractivity (Wildman–Crippen MR) is 72.7 cm³/mol. The van der Waals surface area contributed by atoms with Crippen LogP contribution in [-0.4, -0.2) is 30.7 Å². The van der Waals surface area contributed by atoms with Crippen LogP contribution >= 0.6 is 0 Å². The fourth-order valence-corrected chi connectivity index (χ4v) is 2.23. The molecule has 2 aromatic heterocycles. The molecule has 1 aromatic carbocycles. The van der Waals surface area contributed by atoms with Crippen molar-refractivity contribution >= 4 is 11.7 Å². The van der Waals surface area contributed by atoms with E-state index in [1.54, 1.807) is 13.8 Å². The van der Waals surface area contributed by atoms with E-state index in [2.05, 4.69) is 15.1 Å². The molecule has 0 spiro atoms.